The molecule has 0 saturated carbocycles. The van der Waals surface area contributed by atoms with E-state index in [2.05, 4.69) is 4.74 Å². The fraction of sp³-hybridized carbons (Fsp3) is 0.429. The third-order valence-corrected chi connectivity index (χ3v) is 2.22. The second-order valence-electron chi connectivity index (χ2n) is 4.45. The van der Waals surface area contributed by atoms with E-state index in [1.54, 1.807) is 24.3 Å². The Bertz CT molecular complexity index is 422. The monoisotopic (exact) mass is 266 g/mol. The maximum atomic E-state index is 11.5. The Morgan fingerprint density at radius 3 is 2.32 bits per heavy atom. The molecule has 0 saturated heterocycles. The predicted molar refractivity (Wildman–Crippen MR) is 69.0 cm³/mol. The second-order valence-corrected chi connectivity index (χ2v) is 4.45. The second kappa shape index (κ2) is 7.41. The van der Waals surface area contributed by atoms with Crippen molar-refractivity contribution in [2.24, 2.45) is 5.92 Å². The van der Waals surface area contributed by atoms with Crippen molar-refractivity contribution in [3.05, 3.63) is 29.8 Å². The lowest BCUT2D eigenvalue weighted by atomic mass is 10.1. The van der Waals surface area contributed by atoms with E-state index in [4.69, 9.17) is 9.47 Å². The van der Waals surface area contributed by atoms with Crippen LogP contribution in [0.1, 0.15) is 19.4 Å². The molecule has 19 heavy (non-hydrogen) atoms. The Balaban J connectivity index is 2.47. The lowest BCUT2D eigenvalue weighted by Crippen LogP contribution is -2.12. The summed E-state index contributed by atoms with van der Waals surface area (Å²) in [6, 6.07) is 6.60. The number of carbonyl (C=O) groups is 2. The fourth-order valence-corrected chi connectivity index (χ4v) is 1.29. The van der Waals surface area contributed by atoms with Crippen molar-refractivity contribution in [1.82, 2.24) is 0 Å². The number of esters is 1. The standard InChI is InChI=1S/C14H18O5/c1-10(2)9-18-13(15)8-11-4-6-12(7-5-11)19-14(16)17-3/h4-7,10H,8-9H2,1-3H3. The highest BCUT2D eigenvalue weighted by Crippen LogP contribution is 2.13. The van der Waals surface area contributed by atoms with Crippen LogP contribution < -0.4 is 4.74 Å². The molecule has 0 N–H and O–H groups in total. The molecule has 5 heteroatoms. The van der Waals surface area contributed by atoms with Crippen molar-refractivity contribution >= 4 is 12.1 Å². The summed E-state index contributed by atoms with van der Waals surface area (Å²) >= 11 is 0. The highest BCUT2D eigenvalue weighted by atomic mass is 16.7. The van der Waals surface area contributed by atoms with Crippen LogP contribution in [-0.2, 0) is 20.7 Å². The van der Waals surface area contributed by atoms with Gasteiger partial charge in [0, 0.05) is 0 Å². The maximum Gasteiger partial charge on any atom is 0.513 e. The summed E-state index contributed by atoms with van der Waals surface area (Å²) in [5.74, 6) is 0.418. The summed E-state index contributed by atoms with van der Waals surface area (Å²) in [6.45, 7) is 4.38. The SMILES string of the molecule is COC(=O)Oc1ccc(CC(=O)OCC(C)C)cc1. The van der Waals surface area contributed by atoms with Crippen molar-refractivity contribution in [2.75, 3.05) is 13.7 Å². The van der Waals surface area contributed by atoms with E-state index in [0.717, 1.165) is 5.56 Å². The molecule has 0 amide bonds. The zero-order chi connectivity index (χ0) is 14.3. The average molecular weight is 266 g/mol. The summed E-state index contributed by atoms with van der Waals surface area (Å²) < 4.78 is 14.3. The van der Waals surface area contributed by atoms with Gasteiger partial charge in [0.1, 0.15) is 5.75 Å². The zero-order valence-electron chi connectivity index (χ0n) is 11.3. The molecule has 0 aliphatic heterocycles. The largest absolute Gasteiger partial charge is 0.513 e. The van der Waals surface area contributed by atoms with E-state index < -0.39 is 6.16 Å². The van der Waals surface area contributed by atoms with Gasteiger partial charge in [-0.1, -0.05) is 26.0 Å². The molecule has 0 radical (unpaired) electrons. The summed E-state index contributed by atoms with van der Waals surface area (Å²) in [6.07, 6.45) is -0.574. The summed E-state index contributed by atoms with van der Waals surface area (Å²) in [7, 11) is 1.24. The minimum Gasteiger partial charge on any atom is -0.465 e. The smallest absolute Gasteiger partial charge is 0.465 e. The molecule has 0 aromatic heterocycles. The highest BCUT2D eigenvalue weighted by molar-refractivity contribution is 5.72. The molecule has 0 bridgehead atoms. The molecule has 0 heterocycles. The van der Waals surface area contributed by atoms with Gasteiger partial charge in [-0.2, -0.15) is 0 Å². The first-order valence-corrected chi connectivity index (χ1v) is 6.01. The van der Waals surface area contributed by atoms with Gasteiger partial charge >= 0.3 is 12.1 Å². The van der Waals surface area contributed by atoms with E-state index in [-0.39, 0.29) is 12.4 Å². The van der Waals surface area contributed by atoms with Crippen LogP contribution in [0.25, 0.3) is 0 Å². The highest BCUT2D eigenvalue weighted by Gasteiger charge is 2.07. The molecule has 5 nitrogen and oxygen atoms in total. The van der Waals surface area contributed by atoms with Crippen LogP contribution in [-0.4, -0.2) is 25.8 Å². The zero-order valence-corrected chi connectivity index (χ0v) is 11.3. The number of rotatable bonds is 5. The molecular formula is C14H18O5. The van der Waals surface area contributed by atoms with Crippen LogP contribution in [0.4, 0.5) is 4.79 Å². The first-order valence-electron chi connectivity index (χ1n) is 6.01. The Morgan fingerprint density at radius 2 is 1.79 bits per heavy atom. The van der Waals surface area contributed by atoms with E-state index in [0.29, 0.717) is 18.3 Å². The van der Waals surface area contributed by atoms with Crippen LogP contribution >= 0.6 is 0 Å². The van der Waals surface area contributed by atoms with Crippen LogP contribution in [0.5, 0.6) is 5.75 Å². The van der Waals surface area contributed by atoms with Gasteiger partial charge in [-0.3, -0.25) is 4.79 Å². The number of benzene rings is 1. The van der Waals surface area contributed by atoms with Gasteiger partial charge < -0.3 is 14.2 Å². The number of carbonyl (C=O) groups excluding carboxylic acids is 2. The van der Waals surface area contributed by atoms with Crippen molar-refractivity contribution in [3.8, 4) is 5.75 Å². The quantitative estimate of drug-likeness (QED) is 0.605. The lowest BCUT2D eigenvalue weighted by Gasteiger charge is -2.07. The molecule has 0 atom stereocenters. The topological polar surface area (TPSA) is 61.8 Å². The van der Waals surface area contributed by atoms with Crippen molar-refractivity contribution in [3.63, 3.8) is 0 Å². The molecule has 1 aromatic carbocycles. The predicted octanol–water partition coefficient (Wildman–Crippen LogP) is 2.57. The molecule has 104 valence electrons. The molecule has 0 spiro atoms. The van der Waals surface area contributed by atoms with Gasteiger partial charge in [0.25, 0.3) is 0 Å². The van der Waals surface area contributed by atoms with Gasteiger partial charge in [-0.15, -0.1) is 0 Å². The molecule has 0 fully saturated rings. The van der Waals surface area contributed by atoms with Crippen molar-refractivity contribution in [2.45, 2.75) is 20.3 Å². The summed E-state index contributed by atoms with van der Waals surface area (Å²) in [5.41, 5.74) is 0.797. The van der Waals surface area contributed by atoms with Crippen LogP contribution in [0.2, 0.25) is 0 Å². The molecule has 1 aromatic rings. The van der Waals surface area contributed by atoms with Crippen LogP contribution in [0, 0.1) is 5.92 Å². The van der Waals surface area contributed by atoms with Crippen LogP contribution in [0.15, 0.2) is 24.3 Å². The van der Waals surface area contributed by atoms with E-state index in [1.807, 2.05) is 13.8 Å². The third-order valence-electron chi connectivity index (χ3n) is 2.22. The van der Waals surface area contributed by atoms with Crippen LogP contribution in [0.3, 0.4) is 0 Å². The molecular weight excluding hydrogens is 248 g/mol. The van der Waals surface area contributed by atoms with E-state index in [9.17, 15) is 9.59 Å². The van der Waals surface area contributed by atoms with Gasteiger partial charge in [0.05, 0.1) is 20.1 Å². The Morgan fingerprint density at radius 1 is 1.16 bits per heavy atom. The van der Waals surface area contributed by atoms with Gasteiger partial charge in [0.15, 0.2) is 0 Å². The number of hydrogen-bond donors (Lipinski definition) is 0. The molecule has 0 aliphatic carbocycles. The fourth-order valence-electron chi connectivity index (χ4n) is 1.29. The number of hydrogen-bond acceptors (Lipinski definition) is 5. The van der Waals surface area contributed by atoms with Crippen molar-refractivity contribution < 1.29 is 23.8 Å². The molecule has 1 rings (SSSR count). The van der Waals surface area contributed by atoms with Gasteiger partial charge in [0.2, 0.25) is 0 Å². The normalized spacial score (nSPS) is 10.1. The maximum absolute atomic E-state index is 11.5. The average Bonchev–Trinajstić information content (AvgIpc) is 2.38. The van der Waals surface area contributed by atoms with E-state index in [1.165, 1.54) is 7.11 Å². The van der Waals surface area contributed by atoms with Gasteiger partial charge in [-0.05, 0) is 23.6 Å². The Kier molecular flexibility index (Phi) is 5.85. The first kappa shape index (κ1) is 15.0. The lowest BCUT2D eigenvalue weighted by molar-refractivity contribution is -0.143. The Hall–Kier alpha value is -2.04. The van der Waals surface area contributed by atoms with E-state index >= 15 is 0 Å². The summed E-state index contributed by atoms with van der Waals surface area (Å²) in [5, 5.41) is 0. The molecule has 0 aliphatic rings. The molecule has 0 unspecified atom stereocenters. The first-order chi connectivity index (χ1) is 9.01. The number of methoxy groups -OCH3 is 1. The summed E-state index contributed by atoms with van der Waals surface area (Å²) in [4.78, 5) is 22.4. The Labute approximate surface area is 112 Å². The van der Waals surface area contributed by atoms with Gasteiger partial charge in [-0.25, -0.2) is 4.79 Å². The third kappa shape index (κ3) is 5.90. The minimum atomic E-state index is -0.774. The van der Waals surface area contributed by atoms with Crippen molar-refractivity contribution in [1.29, 1.82) is 0 Å². The minimum absolute atomic E-state index is 0.200. The number of ether oxygens (including phenoxy) is 3.